The van der Waals surface area contributed by atoms with Gasteiger partial charge in [-0.3, -0.25) is 0 Å². The lowest BCUT2D eigenvalue weighted by molar-refractivity contribution is 0.0858. The lowest BCUT2D eigenvalue weighted by Crippen LogP contribution is -2.26. The number of halogens is 1. The normalized spacial score (nSPS) is 15.2. The predicted molar refractivity (Wildman–Crippen MR) is 63.5 cm³/mol. The third-order valence-corrected chi connectivity index (χ3v) is 3.07. The Bertz CT molecular complexity index is 352. The molecule has 3 heteroatoms. The average molecular weight is 225 g/mol. The van der Waals surface area contributed by atoms with Crippen molar-refractivity contribution in [2.24, 2.45) is 17.6 Å². The first-order valence-electron chi connectivity index (χ1n) is 5.61. The standard InChI is InChI=1S/C13H20FNO/c1-8(2)11(7-15)13(16)10-5-4-9(3)12(14)6-10/h4-6,8,11,13,16H,7,15H2,1-3H3. The molecule has 0 aliphatic rings. The maximum atomic E-state index is 13.4. The number of nitrogens with two attached hydrogens (primary N) is 1. The molecule has 16 heavy (non-hydrogen) atoms. The van der Waals surface area contributed by atoms with Gasteiger partial charge in [-0.05, 0) is 36.6 Å². The summed E-state index contributed by atoms with van der Waals surface area (Å²) in [5.41, 5.74) is 6.82. The molecule has 1 aromatic carbocycles. The van der Waals surface area contributed by atoms with Crippen LogP contribution in [0.4, 0.5) is 4.39 Å². The van der Waals surface area contributed by atoms with Crippen LogP contribution in [0.25, 0.3) is 0 Å². The largest absolute Gasteiger partial charge is 0.388 e. The van der Waals surface area contributed by atoms with Gasteiger partial charge in [0, 0.05) is 5.92 Å². The summed E-state index contributed by atoms with van der Waals surface area (Å²) < 4.78 is 13.4. The fourth-order valence-electron chi connectivity index (χ4n) is 1.81. The van der Waals surface area contributed by atoms with Crippen LogP contribution in [0.3, 0.4) is 0 Å². The summed E-state index contributed by atoms with van der Waals surface area (Å²) in [4.78, 5) is 0. The zero-order valence-electron chi connectivity index (χ0n) is 10.1. The van der Waals surface area contributed by atoms with E-state index in [1.807, 2.05) is 13.8 Å². The van der Waals surface area contributed by atoms with Crippen LogP contribution in [0.5, 0.6) is 0 Å². The number of hydrogen-bond acceptors (Lipinski definition) is 2. The molecular formula is C13H20FNO. The van der Waals surface area contributed by atoms with Crippen molar-refractivity contribution in [2.75, 3.05) is 6.54 Å². The Hall–Kier alpha value is -0.930. The van der Waals surface area contributed by atoms with Gasteiger partial charge in [-0.25, -0.2) is 4.39 Å². The summed E-state index contributed by atoms with van der Waals surface area (Å²) in [6.45, 7) is 6.11. The molecular weight excluding hydrogens is 205 g/mol. The molecule has 2 atom stereocenters. The Morgan fingerprint density at radius 1 is 1.38 bits per heavy atom. The molecule has 0 heterocycles. The van der Waals surface area contributed by atoms with E-state index >= 15 is 0 Å². The predicted octanol–water partition coefficient (Wildman–Crippen LogP) is 2.40. The third kappa shape index (κ3) is 2.80. The second-order valence-electron chi connectivity index (χ2n) is 4.60. The number of rotatable bonds is 4. The Balaban J connectivity index is 2.94. The molecule has 0 radical (unpaired) electrons. The summed E-state index contributed by atoms with van der Waals surface area (Å²) in [5.74, 6) is -0.0532. The summed E-state index contributed by atoms with van der Waals surface area (Å²) in [6, 6.07) is 4.83. The van der Waals surface area contributed by atoms with Gasteiger partial charge < -0.3 is 10.8 Å². The van der Waals surface area contributed by atoms with Crippen LogP contribution in [-0.4, -0.2) is 11.7 Å². The first-order chi connectivity index (χ1) is 7.47. The molecule has 0 spiro atoms. The van der Waals surface area contributed by atoms with Crippen LogP contribution in [0.2, 0.25) is 0 Å². The maximum absolute atomic E-state index is 13.4. The number of hydrogen-bond donors (Lipinski definition) is 2. The number of aliphatic hydroxyl groups is 1. The van der Waals surface area contributed by atoms with Crippen molar-refractivity contribution >= 4 is 0 Å². The number of aryl methyl sites for hydroxylation is 1. The topological polar surface area (TPSA) is 46.2 Å². The molecule has 1 rings (SSSR count). The molecule has 2 unspecified atom stereocenters. The van der Waals surface area contributed by atoms with Crippen molar-refractivity contribution in [3.63, 3.8) is 0 Å². The second kappa shape index (κ2) is 5.41. The minimum absolute atomic E-state index is 0.0397. The Labute approximate surface area is 96.3 Å². The SMILES string of the molecule is Cc1ccc(C(O)C(CN)C(C)C)cc1F. The van der Waals surface area contributed by atoms with E-state index in [0.29, 0.717) is 17.7 Å². The van der Waals surface area contributed by atoms with Crippen molar-refractivity contribution in [1.82, 2.24) is 0 Å². The van der Waals surface area contributed by atoms with Crippen molar-refractivity contribution in [1.29, 1.82) is 0 Å². The highest BCUT2D eigenvalue weighted by atomic mass is 19.1. The molecule has 0 saturated heterocycles. The fraction of sp³-hybridized carbons (Fsp3) is 0.538. The number of aliphatic hydroxyl groups excluding tert-OH is 1. The van der Waals surface area contributed by atoms with Crippen LogP contribution in [-0.2, 0) is 0 Å². The third-order valence-electron chi connectivity index (χ3n) is 3.07. The lowest BCUT2D eigenvalue weighted by atomic mass is 9.86. The van der Waals surface area contributed by atoms with Gasteiger partial charge in [0.1, 0.15) is 5.82 Å². The Morgan fingerprint density at radius 2 is 2.00 bits per heavy atom. The zero-order chi connectivity index (χ0) is 12.3. The molecule has 0 bridgehead atoms. The van der Waals surface area contributed by atoms with E-state index in [1.165, 1.54) is 6.07 Å². The maximum Gasteiger partial charge on any atom is 0.126 e. The number of benzene rings is 1. The molecule has 0 saturated carbocycles. The molecule has 90 valence electrons. The van der Waals surface area contributed by atoms with Gasteiger partial charge in [0.15, 0.2) is 0 Å². The molecule has 0 amide bonds. The smallest absolute Gasteiger partial charge is 0.126 e. The highest BCUT2D eigenvalue weighted by Crippen LogP contribution is 2.28. The highest BCUT2D eigenvalue weighted by molar-refractivity contribution is 5.25. The molecule has 3 N–H and O–H groups in total. The summed E-state index contributed by atoms with van der Waals surface area (Å²) >= 11 is 0. The van der Waals surface area contributed by atoms with Crippen molar-refractivity contribution < 1.29 is 9.50 Å². The van der Waals surface area contributed by atoms with E-state index in [1.54, 1.807) is 19.1 Å². The molecule has 1 aromatic rings. The quantitative estimate of drug-likeness (QED) is 0.826. The van der Waals surface area contributed by atoms with Crippen LogP contribution in [0.15, 0.2) is 18.2 Å². The van der Waals surface area contributed by atoms with Crippen LogP contribution >= 0.6 is 0 Å². The van der Waals surface area contributed by atoms with Gasteiger partial charge in [-0.2, -0.15) is 0 Å². The Kier molecular flexibility index (Phi) is 4.44. The lowest BCUT2D eigenvalue weighted by Gasteiger charge is -2.25. The molecule has 0 fully saturated rings. The van der Waals surface area contributed by atoms with Crippen LogP contribution < -0.4 is 5.73 Å². The van der Waals surface area contributed by atoms with E-state index in [-0.39, 0.29) is 17.7 Å². The van der Waals surface area contributed by atoms with Gasteiger partial charge in [0.25, 0.3) is 0 Å². The highest BCUT2D eigenvalue weighted by Gasteiger charge is 2.23. The van der Waals surface area contributed by atoms with Crippen molar-refractivity contribution in [2.45, 2.75) is 26.9 Å². The summed E-state index contributed by atoms with van der Waals surface area (Å²) in [6.07, 6.45) is -0.694. The van der Waals surface area contributed by atoms with Crippen LogP contribution in [0.1, 0.15) is 31.1 Å². The molecule has 2 nitrogen and oxygen atoms in total. The first kappa shape index (κ1) is 13.1. The van der Waals surface area contributed by atoms with Gasteiger partial charge in [0.05, 0.1) is 6.10 Å². The molecule has 0 aromatic heterocycles. The van der Waals surface area contributed by atoms with Crippen molar-refractivity contribution in [3.8, 4) is 0 Å². The van der Waals surface area contributed by atoms with Gasteiger partial charge in [-0.1, -0.05) is 26.0 Å². The minimum Gasteiger partial charge on any atom is -0.388 e. The van der Waals surface area contributed by atoms with E-state index in [9.17, 15) is 9.50 Å². The Morgan fingerprint density at radius 3 is 2.44 bits per heavy atom. The minimum atomic E-state index is -0.694. The summed E-state index contributed by atoms with van der Waals surface area (Å²) in [5, 5.41) is 10.1. The summed E-state index contributed by atoms with van der Waals surface area (Å²) in [7, 11) is 0. The molecule has 0 aliphatic heterocycles. The molecule has 0 aliphatic carbocycles. The van der Waals surface area contributed by atoms with E-state index in [4.69, 9.17) is 5.73 Å². The second-order valence-corrected chi connectivity index (χ2v) is 4.60. The zero-order valence-corrected chi connectivity index (χ0v) is 10.1. The van der Waals surface area contributed by atoms with Crippen molar-refractivity contribution in [3.05, 3.63) is 35.1 Å². The van der Waals surface area contributed by atoms with Crippen LogP contribution in [0, 0.1) is 24.6 Å². The van der Waals surface area contributed by atoms with Gasteiger partial charge >= 0.3 is 0 Å². The van der Waals surface area contributed by atoms with E-state index in [0.717, 1.165) is 0 Å². The first-order valence-corrected chi connectivity index (χ1v) is 5.61. The van der Waals surface area contributed by atoms with E-state index < -0.39 is 6.10 Å². The van der Waals surface area contributed by atoms with Gasteiger partial charge in [0.2, 0.25) is 0 Å². The van der Waals surface area contributed by atoms with E-state index in [2.05, 4.69) is 0 Å². The fourth-order valence-corrected chi connectivity index (χ4v) is 1.81. The monoisotopic (exact) mass is 225 g/mol. The van der Waals surface area contributed by atoms with Gasteiger partial charge in [-0.15, -0.1) is 0 Å². The average Bonchev–Trinajstić information content (AvgIpc) is 2.22.